The van der Waals surface area contributed by atoms with Gasteiger partial charge in [-0.1, -0.05) is 24.3 Å². The van der Waals surface area contributed by atoms with Gasteiger partial charge in [0.1, 0.15) is 5.82 Å². The molecule has 1 amide bonds. The number of nitrogens with two attached hydrogens (primary N) is 1. The van der Waals surface area contributed by atoms with E-state index in [1.54, 1.807) is 30.1 Å². The van der Waals surface area contributed by atoms with Crippen LogP contribution in [0.15, 0.2) is 65.7 Å². The number of amides is 1. The number of primary amides is 1. The van der Waals surface area contributed by atoms with Crippen LogP contribution in [0.5, 0.6) is 0 Å². The SMILES string of the molecule is NC(=O)CCC(CSc1ccc(F)cc1)c1cccc2cccnc12. The molecule has 1 unspecified atom stereocenters. The van der Waals surface area contributed by atoms with Crippen LogP contribution < -0.4 is 5.73 Å². The lowest BCUT2D eigenvalue weighted by Gasteiger charge is -2.18. The van der Waals surface area contributed by atoms with Crippen molar-refractivity contribution < 1.29 is 9.18 Å². The Hall–Kier alpha value is -2.40. The number of halogens is 1. The van der Waals surface area contributed by atoms with E-state index in [2.05, 4.69) is 11.1 Å². The first-order chi connectivity index (χ1) is 12.1. The molecule has 0 aliphatic heterocycles. The third kappa shape index (κ3) is 4.57. The molecule has 0 aliphatic carbocycles. The molecule has 0 spiro atoms. The number of carbonyl (C=O) groups excluding carboxylic acids is 1. The van der Waals surface area contributed by atoms with Crippen molar-refractivity contribution in [1.82, 2.24) is 4.98 Å². The average Bonchev–Trinajstić information content (AvgIpc) is 2.63. The number of hydrogen-bond donors (Lipinski definition) is 1. The fourth-order valence-corrected chi connectivity index (χ4v) is 3.90. The first-order valence-corrected chi connectivity index (χ1v) is 9.12. The van der Waals surface area contributed by atoms with Gasteiger partial charge in [-0.05, 0) is 48.2 Å². The van der Waals surface area contributed by atoms with Crippen LogP contribution in [-0.2, 0) is 4.79 Å². The predicted octanol–water partition coefficient (Wildman–Crippen LogP) is 4.52. The molecule has 2 N–H and O–H groups in total. The van der Waals surface area contributed by atoms with Gasteiger partial charge in [0.05, 0.1) is 5.52 Å². The summed E-state index contributed by atoms with van der Waals surface area (Å²) in [6.07, 6.45) is 2.78. The molecule has 0 radical (unpaired) electrons. The van der Waals surface area contributed by atoms with Gasteiger partial charge in [0, 0.05) is 28.7 Å². The van der Waals surface area contributed by atoms with Gasteiger partial charge in [-0.15, -0.1) is 11.8 Å². The van der Waals surface area contributed by atoms with Gasteiger partial charge in [-0.2, -0.15) is 0 Å². The number of pyridine rings is 1. The Balaban J connectivity index is 1.85. The summed E-state index contributed by atoms with van der Waals surface area (Å²) in [5.74, 6) is 0.369. The van der Waals surface area contributed by atoms with E-state index in [4.69, 9.17) is 5.73 Å². The maximum absolute atomic E-state index is 13.1. The van der Waals surface area contributed by atoms with E-state index in [1.807, 2.05) is 24.3 Å². The topological polar surface area (TPSA) is 56.0 Å². The van der Waals surface area contributed by atoms with Crippen molar-refractivity contribution in [1.29, 1.82) is 0 Å². The zero-order chi connectivity index (χ0) is 17.6. The molecule has 0 saturated heterocycles. The van der Waals surface area contributed by atoms with Crippen LogP contribution in [0, 0.1) is 5.82 Å². The van der Waals surface area contributed by atoms with Crippen molar-refractivity contribution in [3.63, 3.8) is 0 Å². The van der Waals surface area contributed by atoms with Crippen molar-refractivity contribution in [3.05, 3.63) is 72.2 Å². The van der Waals surface area contributed by atoms with Gasteiger partial charge in [0.15, 0.2) is 0 Å². The molecule has 3 nitrogen and oxygen atoms in total. The summed E-state index contributed by atoms with van der Waals surface area (Å²) in [7, 11) is 0. The number of para-hydroxylation sites is 1. The molecule has 3 rings (SSSR count). The van der Waals surface area contributed by atoms with Crippen molar-refractivity contribution in [3.8, 4) is 0 Å². The van der Waals surface area contributed by atoms with Crippen LogP contribution in [0.25, 0.3) is 10.9 Å². The zero-order valence-corrected chi connectivity index (χ0v) is 14.5. The quantitative estimate of drug-likeness (QED) is 0.635. The highest BCUT2D eigenvalue weighted by molar-refractivity contribution is 7.99. The minimum absolute atomic E-state index is 0.140. The van der Waals surface area contributed by atoms with E-state index in [1.165, 1.54) is 12.1 Å². The monoisotopic (exact) mass is 354 g/mol. The fraction of sp³-hybridized carbons (Fsp3) is 0.200. The lowest BCUT2D eigenvalue weighted by molar-refractivity contribution is -0.118. The lowest BCUT2D eigenvalue weighted by Crippen LogP contribution is -2.13. The molecule has 0 bridgehead atoms. The molecule has 0 saturated carbocycles. The number of hydrogen-bond acceptors (Lipinski definition) is 3. The zero-order valence-electron chi connectivity index (χ0n) is 13.7. The molecule has 5 heteroatoms. The number of benzene rings is 2. The Bertz CT molecular complexity index is 862. The number of fused-ring (bicyclic) bond motifs is 1. The Morgan fingerprint density at radius 3 is 2.64 bits per heavy atom. The molecule has 1 aromatic heterocycles. The van der Waals surface area contributed by atoms with Gasteiger partial charge in [0.2, 0.25) is 5.91 Å². The molecule has 2 aromatic carbocycles. The Kier molecular flexibility index (Phi) is 5.66. The molecule has 25 heavy (non-hydrogen) atoms. The van der Waals surface area contributed by atoms with Crippen LogP contribution in [0.1, 0.15) is 24.3 Å². The first kappa shape index (κ1) is 17.4. The average molecular weight is 354 g/mol. The third-order valence-electron chi connectivity index (χ3n) is 4.11. The smallest absolute Gasteiger partial charge is 0.217 e. The van der Waals surface area contributed by atoms with E-state index in [0.29, 0.717) is 12.8 Å². The van der Waals surface area contributed by atoms with Crippen LogP contribution in [0.2, 0.25) is 0 Å². The standard InChI is InChI=1S/C20H19FN2OS/c21-16-7-9-17(10-8-16)25-13-15(6-11-19(22)24)18-5-1-3-14-4-2-12-23-20(14)18/h1-5,7-10,12,15H,6,11,13H2,(H2,22,24). The summed E-state index contributed by atoms with van der Waals surface area (Å²) >= 11 is 1.65. The van der Waals surface area contributed by atoms with Crippen molar-refractivity contribution in [2.24, 2.45) is 5.73 Å². The lowest BCUT2D eigenvalue weighted by atomic mass is 9.93. The largest absolute Gasteiger partial charge is 0.370 e. The molecular weight excluding hydrogens is 335 g/mol. The molecule has 0 aliphatic rings. The maximum atomic E-state index is 13.1. The summed E-state index contributed by atoms with van der Waals surface area (Å²) in [4.78, 5) is 16.8. The molecule has 0 fully saturated rings. The summed E-state index contributed by atoms with van der Waals surface area (Å²) in [6.45, 7) is 0. The highest BCUT2D eigenvalue weighted by Gasteiger charge is 2.17. The second-order valence-electron chi connectivity index (χ2n) is 5.89. The van der Waals surface area contributed by atoms with E-state index in [0.717, 1.165) is 27.1 Å². The van der Waals surface area contributed by atoms with Gasteiger partial charge in [-0.3, -0.25) is 9.78 Å². The molecule has 128 valence electrons. The molecule has 1 atom stereocenters. The van der Waals surface area contributed by atoms with Crippen LogP contribution in [0.3, 0.4) is 0 Å². The van der Waals surface area contributed by atoms with Crippen LogP contribution in [0.4, 0.5) is 4.39 Å². The number of carbonyl (C=O) groups is 1. The Morgan fingerprint density at radius 1 is 1.12 bits per heavy atom. The van der Waals surface area contributed by atoms with Crippen LogP contribution >= 0.6 is 11.8 Å². The highest BCUT2D eigenvalue weighted by atomic mass is 32.2. The van der Waals surface area contributed by atoms with Crippen molar-refractivity contribution in [2.45, 2.75) is 23.7 Å². The van der Waals surface area contributed by atoms with Gasteiger partial charge < -0.3 is 5.73 Å². The molecular formula is C20H19FN2OS. The second-order valence-corrected chi connectivity index (χ2v) is 6.98. The fourth-order valence-electron chi connectivity index (χ4n) is 2.83. The van der Waals surface area contributed by atoms with E-state index in [-0.39, 0.29) is 17.6 Å². The summed E-state index contributed by atoms with van der Waals surface area (Å²) < 4.78 is 13.1. The minimum atomic E-state index is -0.301. The minimum Gasteiger partial charge on any atom is -0.370 e. The summed E-state index contributed by atoms with van der Waals surface area (Å²) in [5.41, 5.74) is 7.43. The van der Waals surface area contributed by atoms with Gasteiger partial charge in [0.25, 0.3) is 0 Å². The predicted molar refractivity (Wildman–Crippen MR) is 100 cm³/mol. The van der Waals surface area contributed by atoms with E-state index >= 15 is 0 Å². The summed E-state index contributed by atoms with van der Waals surface area (Å²) in [5, 5.41) is 1.08. The van der Waals surface area contributed by atoms with Crippen molar-refractivity contribution >= 4 is 28.6 Å². The van der Waals surface area contributed by atoms with E-state index < -0.39 is 0 Å². The Morgan fingerprint density at radius 2 is 1.88 bits per heavy atom. The normalized spacial score (nSPS) is 12.2. The number of thioether (sulfide) groups is 1. The third-order valence-corrected chi connectivity index (χ3v) is 5.28. The second kappa shape index (κ2) is 8.12. The first-order valence-electron chi connectivity index (χ1n) is 8.14. The summed E-state index contributed by atoms with van der Waals surface area (Å²) in [6, 6.07) is 16.5. The Labute approximate surface area is 150 Å². The van der Waals surface area contributed by atoms with Crippen LogP contribution in [-0.4, -0.2) is 16.6 Å². The van der Waals surface area contributed by atoms with Gasteiger partial charge in [-0.25, -0.2) is 4.39 Å². The van der Waals surface area contributed by atoms with E-state index in [9.17, 15) is 9.18 Å². The molecule has 3 aromatic rings. The van der Waals surface area contributed by atoms with Crippen molar-refractivity contribution in [2.75, 3.05) is 5.75 Å². The number of nitrogens with zero attached hydrogens (tertiary/aromatic N) is 1. The highest BCUT2D eigenvalue weighted by Crippen LogP contribution is 2.33. The maximum Gasteiger partial charge on any atom is 0.217 e. The number of aromatic nitrogens is 1. The van der Waals surface area contributed by atoms with Gasteiger partial charge >= 0.3 is 0 Å². The number of rotatable bonds is 7. The molecule has 1 heterocycles.